The number of carbonyl (C=O) groups excluding carboxylic acids is 1. The van der Waals surface area contributed by atoms with E-state index in [1.807, 2.05) is 0 Å². The Hall–Kier alpha value is -2.11. The second kappa shape index (κ2) is 3.80. The van der Waals surface area contributed by atoms with Crippen LogP contribution in [0.15, 0.2) is 18.2 Å². The molecule has 0 atom stereocenters. The number of esters is 1. The first kappa shape index (κ1) is 10.4. The first-order chi connectivity index (χ1) is 7.63. The van der Waals surface area contributed by atoms with Gasteiger partial charge in [0.15, 0.2) is 5.82 Å². The van der Waals surface area contributed by atoms with E-state index in [0.29, 0.717) is 5.52 Å². The number of anilines is 1. The average Bonchev–Trinajstić information content (AvgIpc) is 2.58. The Morgan fingerprint density at radius 3 is 3.06 bits per heavy atom. The van der Waals surface area contributed by atoms with E-state index in [1.165, 1.54) is 23.8 Å². The Kier molecular flexibility index (Phi) is 2.47. The summed E-state index contributed by atoms with van der Waals surface area (Å²) in [6.07, 6.45) is 0. The molecule has 2 rings (SSSR count). The van der Waals surface area contributed by atoms with Gasteiger partial charge in [-0.1, -0.05) is 6.07 Å². The zero-order chi connectivity index (χ0) is 11.7. The molecule has 0 radical (unpaired) electrons. The first-order valence-electron chi connectivity index (χ1n) is 4.60. The maximum absolute atomic E-state index is 13.4. The van der Waals surface area contributed by atoms with Gasteiger partial charge in [0.1, 0.15) is 12.1 Å². The molecule has 0 amide bonds. The Morgan fingerprint density at radius 1 is 1.62 bits per heavy atom. The van der Waals surface area contributed by atoms with E-state index in [4.69, 9.17) is 5.73 Å². The molecule has 2 N–H and O–H groups in total. The van der Waals surface area contributed by atoms with E-state index in [9.17, 15) is 9.18 Å². The van der Waals surface area contributed by atoms with Crippen molar-refractivity contribution in [3.8, 4) is 0 Å². The fourth-order valence-corrected chi connectivity index (χ4v) is 1.49. The summed E-state index contributed by atoms with van der Waals surface area (Å²) in [5, 5.41) is 0. The number of hydrogen-bond donors (Lipinski definition) is 1. The largest absolute Gasteiger partial charge is 0.468 e. The molecule has 0 aliphatic heterocycles. The van der Waals surface area contributed by atoms with Gasteiger partial charge in [-0.05, 0) is 12.1 Å². The smallest absolute Gasteiger partial charge is 0.325 e. The van der Waals surface area contributed by atoms with Gasteiger partial charge >= 0.3 is 5.97 Å². The van der Waals surface area contributed by atoms with Crippen molar-refractivity contribution in [2.24, 2.45) is 0 Å². The van der Waals surface area contributed by atoms with Gasteiger partial charge in [0, 0.05) is 0 Å². The lowest BCUT2D eigenvalue weighted by atomic mass is 10.3. The minimum atomic E-state index is -0.465. The quantitative estimate of drug-likeness (QED) is 0.769. The first-order valence-corrected chi connectivity index (χ1v) is 4.60. The van der Waals surface area contributed by atoms with Crippen LogP contribution in [0.2, 0.25) is 0 Å². The second-order valence-electron chi connectivity index (χ2n) is 3.24. The van der Waals surface area contributed by atoms with Crippen LogP contribution in [0.25, 0.3) is 11.0 Å². The molecule has 1 aromatic carbocycles. The van der Waals surface area contributed by atoms with Gasteiger partial charge < -0.3 is 10.5 Å². The van der Waals surface area contributed by atoms with Crippen molar-refractivity contribution in [1.82, 2.24) is 9.55 Å². The molecule has 2 aromatic rings. The van der Waals surface area contributed by atoms with E-state index in [-0.39, 0.29) is 18.0 Å². The number of hydrogen-bond acceptors (Lipinski definition) is 4. The van der Waals surface area contributed by atoms with Gasteiger partial charge in [0.25, 0.3) is 0 Å². The van der Waals surface area contributed by atoms with Crippen LogP contribution in [0.4, 0.5) is 10.3 Å². The van der Waals surface area contributed by atoms with Gasteiger partial charge in [0.05, 0.1) is 12.6 Å². The predicted octanol–water partition coefficient (Wildman–Crippen LogP) is 0.931. The molecule has 0 unspecified atom stereocenters. The number of nitrogens with zero attached hydrogens (tertiary/aromatic N) is 2. The van der Waals surface area contributed by atoms with E-state index < -0.39 is 11.8 Å². The molecule has 0 aliphatic carbocycles. The molecule has 84 valence electrons. The Balaban J connectivity index is 2.56. The Bertz CT molecular complexity index is 550. The highest BCUT2D eigenvalue weighted by atomic mass is 19.1. The number of imidazole rings is 1. The van der Waals surface area contributed by atoms with E-state index in [2.05, 4.69) is 9.72 Å². The number of halogens is 1. The number of para-hydroxylation sites is 1. The molecule has 0 bridgehead atoms. The van der Waals surface area contributed by atoms with Crippen LogP contribution in [0, 0.1) is 5.82 Å². The number of rotatable bonds is 2. The van der Waals surface area contributed by atoms with Crippen LogP contribution in [0.5, 0.6) is 0 Å². The number of ether oxygens (including phenoxy) is 1. The number of nitrogen functional groups attached to an aromatic ring is 1. The summed E-state index contributed by atoms with van der Waals surface area (Å²) in [6, 6.07) is 4.47. The predicted molar refractivity (Wildman–Crippen MR) is 56.1 cm³/mol. The number of aromatic nitrogens is 2. The van der Waals surface area contributed by atoms with Crippen LogP contribution in [-0.4, -0.2) is 22.6 Å². The minimum Gasteiger partial charge on any atom is -0.468 e. The Labute approximate surface area is 90.6 Å². The lowest BCUT2D eigenvalue weighted by molar-refractivity contribution is -0.141. The lowest BCUT2D eigenvalue weighted by Crippen LogP contribution is -2.13. The van der Waals surface area contributed by atoms with Gasteiger partial charge in [-0.2, -0.15) is 0 Å². The standard InChI is InChI=1S/C10H10FN3O2/c1-16-8(15)5-14-7-4-2-3-6(11)9(7)13-10(14)12/h2-4H,5H2,1H3,(H2,12,13). The summed E-state index contributed by atoms with van der Waals surface area (Å²) in [6.45, 7) is -0.0811. The zero-order valence-corrected chi connectivity index (χ0v) is 8.61. The lowest BCUT2D eigenvalue weighted by Gasteiger charge is -2.03. The summed E-state index contributed by atoms with van der Waals surface area (Å²) in [7, 11) is 1.28. The van der Waals surface area contributed by atoms with E-state index in [1.54, 1.807) is 6.07 Å². The molecular weight excluding hydrogens is 213 g/mol. The molecule has 1 aromatic heterocycles. The van der Waals surface area contributed by atoms with E-state index in [0.717, 1.165) is 0 Å². The summed E-state index contributed by atoms with van der Waals surface area (Å²) < 4.78 is 19.3. The van der Waals surface area contributed by atoms with Crippen molar-refractivity contribution in [1.29, 1.82) is 0 Å². The highest BCUT2D eigenvalue weighted by Crippen LogP contribution is 2.20. The third-order valence-corrected chi connectivity index (χ3v) is 2.27. The van der Waals surface area contributed by atoms with Gasteiger partial charge in [-0.15, -0.1) is 0 Å². The summed E-state index contributed by atoms with van der Waals surface area (Å²) in [4.78, 5) is 15.0. The molecule has 0 saturated carbocycles. The number of methoxy groups -OCH3 is 1. The maximum Gasteiger partial charge on any atom is 0.325 e. The van der Waals surface area contributed by atoms with Crippen LogP contribution >= 0.6 is 0 Å². The van der Waals surface area contributed by atoms with Gasteiger partial charge in [0.2, 0.25) is 5.95 Å². The van der Waals surface area contributed by atoms with Crippen molar-refractivity contribution in [3.63, 3.8) is 0 Å². The van der Waals surface area contributed by atoms with Crippen LogP contribution in [0.3, 0.4) is 0 Å². The van der Waals surface area contributed by atoms with Crippen LogP contribution in [-0.2, 0) is 16.1 Å². The molecule has 0 fully saturated rings. The average molecular weight is 223 g/mol. The molecule has 5 nitrogen and oxygen atoms in total. The zero-order valence-electron chi connectivity index (χ0n) is 8.61. The SMILES string of the molecule is COC(=O)Cn1c(N)nc2c(F)cccc21. The summed E-state index contributed by atoms with van der Waals surface area (Å²) >= 11 is 0. The molecule has 0 spiro atoms. The normalized spacial score (nSPS) is 10.6. The maximum atomic E-state index is 13.4. The summed E-state index contributed by atoms with van der Waals surface area (Å²) in [5.74, 6) is -0.839. The highest BCUT2D eigenvalue weighted by Gasteiger charge is 2.13. The number of benzene rings is 1. The van der Waals surface area contributed by atoms with Crippen molar-refractivity contribution in [2.75, 3.05) is 12.8 Å². The Morgan fingerprint density at radius 2 is 2.38 bits per heavy atom. The summed E-state index contributed by atoms with van der Waals surface area (Å²) in [5.41, 5.74) is 6.23. The van der Waals surface area contributed by atoms with Crippen LogP contribution in [0.1, 0.15) is 0 Å². The van der Waals surface area contributed by atoms with Crippen molar-refractivity contribution >= 4 is 23.0 Å². The molecule has 1 heterocycles. The third-order valence-electron chi connectivity index (χ3n) is 2.27. The topological polar surface area (TPSA) is 70.1 Å². The monoisotopic (exact) mass is 223 g/mol. The molecular formula is C10H10FN3O2. The number of nitrogens with two attached hydrogens (primary N) is 1. The van der Waals surface area contributed by atoms with Crippen LogP contribution < -0.4 is 5.73 Å². The number of fused-ring (bicyclic) bond motifs is 1. The fraction of sp³-hybridized carbons (Fsp3) is 0.200. The molecule has 6 heteroatoms. The van der Waals surface area contributed by atoms with E-state index >= 15 is 0 Å². The number of carbonyl (C=O) groups is 1. The minimum absolute atomic E-state index is 0.0811. The van der Waals surface area contributed by atoms with Crippen molar-refractivity contribution < 1.29 is 13.9 Å². The van der Waals surface area contributed by atoms with Crippen molar-refractivity contribution in [2.45, 2.75) is 6.54 Å². The third kappa shape index (κ3) is 1.58. The van der Waals surface area contributed by atoms with Gasteiger partial charge in [-0.25, -0.2) is 9.37 Å². The second-order valence-corrected chi connectivity index (χ2v) is 3.24. The fourth-order valence-electron chi connectivity index (χ4n) is 1.49. The van der Waals surface area contributed by atoms with Gasteiger partial charge in [-0.3, -0.25) is 9.36 Å². The molecule has 0 aliphatic rings. The molecule has 0 saturated heterocycles. The highest BCUT2D eigenvalue weighted by molar-refractivity contribution is 5.81. The molecule has 16 heavy (non-hydrogen) atoms. The van der Waals surface area contributed by atoms with Crippen molar-refractivity contribution in [3.05, 3.63) is 24.0 Å².